The first-order valence-corrected chi connectivity index (χ1v) is 9.60. The fourth-order valence-corrected chi connectivity index (χ4v) is 3.18. The van der Waals surface area contributed by atoms with Gasteiger partial charge in [0.25, 0.3) is 5.91 Å². The third-order valence-electron chi connectivity index (χ3n) is 4.51. The Morgan fingerprint density at radius 1 is 1.46 bits per heavy atom. The van der Waals surface area contributed by atoms with E-state index in [9.17, 15) is 13.4 Å². The number of ether oxygens (including phenoxy) is 1. The lowest BCUT2D eigenvalue weighted by atomic mass is 9.85. The maximum Gasteiger partial charge on any atom is 0.265 e. The summed E-state index contributed by atoms with van der Waals surface area (Å²) in [6, 6.07) is 2.86. The largest absolute Gasteiger partial charge is 0.493 e. The van der Waals surface area contributed by atoms with Crippen LogP contribution >= 0.6 is 0 Å². The number of benzene rings is 1. The molecule has 3 rings (SSSR count). The standard InChI is InChI=1S/C17H23FN2O3S/c1-3-24(22)20-16(21)13-6-12(11-4-5-11)15(7-14(13)18)23-10-17(2)8-19-9-17/h6-7,11,19H,3-5,8-10H2,1-2H3,(H,20,21). The molecular weight excluding hydrogens is 331 g/mol. The van der Waals surface area contributed by atoms with Crippen molar-refractivity contribution in [3.8, 4) is 5.75 Å². The first kappa shape index (κ1) is 17.4. The molecule has 2 N–H and O–H groups in total. The van der Waals surface area contributed by atoms with E-state index < -0.39 is 22.7 Å². The van der Waals surface area contributed by atoms with Crippen LogP contribution in [0.1, 0.15) is 48.5 Å². The fourth-order valence-electron chi connectivity index (χ4n) is 2.72. The van der Waals surface area contributed by atoms with Gasteiger partial charge in [0.15, 0.2) is 0 Å². The average molecular weight is 354 g/mol. The molecule has 2 fully saturated rings. The third kappa shape index (κ3) is 3.78. The maximum atomic E-state index is 14.4. The summed E-state index contributed by atoms with van der Waals surface area (Å²) in [4.78, 5) is 12.1. The van der Waals surface area contributed by atoms with Crippen molar-refractivity contribution >= 4 is 16.9 Å². The highest BCUT2D eigenvalue weighted by molar-refractivity contribution is 7.83. The number of amides is 1. The lowest BCUT2D eigenvalue weighted by molar-refractivity contribution is 0.0974. The van der Waals surface area contributed by atoms with Crippen LogP contribution in [0.3, 0.4) is 0 Å². The zero-order chi connectivity index (χ0) is 17.3. The van der Waals surface area contributed by atoms with E-state index in [1.54, 1.807) is 13.0 Å². The summed E-state index contributed by atoms with van der Waals surface area (Å²) < 4.78 is 34.1. The highest BCUT2D eigenvalue weighted by Crippen LogP contribution is 2.45. The molecule has 1 aromatic rings. The van der Waals surface area contributed by atoms with Crippen LogP contribution in [0.25, 0.3) is 0 Å². The number of carbonyl (C=O) groups excluding carboxylic acids is 1. The normalized spacial score (nSPS) is 20.1. The highest BCUT2D eigenvalue weighted by atomic mass is 32.2. The molecule has 0 spiro atoms. The van der Waals surface area contributed by atoms with E-state index in [0.717, 1.165) is 31.5 Å². The Labute approximate surface area is 143 Å². The summed E-state index contributed by atoms with van der Waals surface area (Å²) in [7, 11) is -1.49. The van der Waals surface area contributed by atoms with E-state index in [-0.39, 0.29) is 16.7 Å². The Balaban J connectivity index is 1.81. The number of halogens is 1. The smallest absolute Gasteiger partial charge is 0.265 e. The van der Waals surface area contributed by atoms with E-state index in [4.69, 9.17) is 4.74 Å². The summed E-state index contributed by atoms with van der Waals surface area (Å²) in [5.41, 5.74) is 0.882. The van der Waals surface area contributed by atoms with Gasteiger partial charge in [0.1, 0.15) is 22.6 Å². The van der Waals surface area contributed by atoms with Gasteiger partial charge in [0.2, 0.25) is 0 Å². The number of hydrogen-bond donors (Lipinski definition) is 2. The van der Waals surface area contributed by atoms with E-state index in [1.807, 2.05) is 0 Å². The number of carbonyl (C=O) groups is 1. The molecule has 1 unspecified atom stereocenters. The van der Waals surface area contributed by atoms with Gasteiger partial charge in [0.05, 0.1) is 12.2 Å². The number of rotatable bonds is 7. The van der Waals surface area contributed by atoms with Crippen molar-refractivity contribution < 1.29 is 18.1 Å². The highest BCUT2D eigenvalue weighted by Gasteiger charge is 2.34. The van der Waals surface area contributed by atoms with Crippen molar-refractivity contribution in [1.29, 1.82) is 0 Å². The van der Waals surface area contributed by atoms with E-state index >= 15 is 0 Å². The van der Waals surface area contributed by atoms with Gasteiger partial charge in [-0.2, -0.15) is 0 Å². The van der Waals surface area contributed by atoms with Gasteiger partial charge in [-0.05, 0) is 30.4 Å². The van der Waals surface area contributed by atoms with Crippen molar-refractivity contribution in [2.24, 2.45) is 5.41 Å². The van der Waals surface area contributed by atoms with Crippen LogP contribution in [0.5, 0.6) is 5.75 Å². The molecular formula is C17H23FN2O3S. The molecule has 5 nitrogen and oxygen atoms in total. The van der Waals surface area contributed by atoms with Gasteiger partial charge < -0.3 is 10.1 Å². The summed E-state index contributed by atoms with van der Waals surface area (Å²) >= 11 is 0. The second kappa shape index (κ2) is 6.80. The molecule has 0 radical (unpaired) electrons. The third-order valence-corrected chi connectivity index (χ3v) is 5.45. The Morgan fingerprint density at radius 2 is 2.17 bits per heavy atom. The van der Waals surface area contributed by atoms with Crippen molar-refractivity contribution in [2.75, 3.05) is 25.4 Å². The Morgan fingerprint density at radius 3 is 2.71 bits per heavy atom. The van der Waals surface area contributed by atoms with Crippen LogP contribution in [-0.2, 0) is 11.0 Å². The minimum absolute atomic E-state index is 0.0671. The molecule has 0 bridgehead atoms. The summed E-state index contributed by atoms with van der Waals surface area (Å²) in [5, 5.41) is 3.21. The molecule has 132 valence electrons. The molecule has 1 aliphatic heterocycles. The average Bonchev–Trinajstić information content (AvgIpc) is 3.35. The molecule has 1 saturated carbocycles. The monoisotopic (exact) mass is 354 g/mol. The summed E-state index contributed by atoms with van der Waals surface area (Å²) in [5.74, 6) is -0.156. The Kier molecular flexibility index (Phi) is 4.92. The Bertz CT molecular complexity index is 672. The fraction of sp³-hybridized carbons (Fsp3) is 0.588. The molecule has 1 heterocycles. The first-order valence-electron chi connectivity index (χ1n) is 8.28. The predicted molar refractivity (Wildman–Crippen MR) is 91.0 cm³/mol. The zero-order valence-corrected chi connectivity index (χ0v) is 14.8. The quantitative estimate of drug-likeness (QED) is 0.787. The van der Waals surface area contributed by atoms with Crippen LogP contribution in [0.2, 0.25) is 0 Å². The zero-order valence-electron chi connectivity index (χ0n) is 14.0. The second-order valence-corrected chi connectivity index (χ2v) is 8.38. The summed E-state index contributed by atoms with van der Waals surface area (Å²) in [6.45, 7) is 6.10. The Hall–Kier alpha value is -1.47. The lowest BCUT2D eigenvalue weighted by Gasteiger charge is -2.39. The molecule has 24 heavy (non-hydrogen) atoms. The van der Waals surface area contributed by atoms with Crippen LogP contribution in [0.15, 0.2) is 12.1 Å². The van der Waals surface area contributed by atoms with Crippen LogP contribution < -0.4 is 14.8 Å². The molecule has 1 amide bonds. The van der Waals surface area contributed by atoms with Crippen molar-refractivity contribution in [3.63, 3.8) is 0 Å². The molecule has 2 aliphatic rings. The van der Waals surface area contributed by atoms with Gasteiger partial charge in [0, 0.05) is 30.3 Å². The minimum atomic E-state index is -1.49. The van der Waals surface area contributed by atoms with Crippen molar-refractivity contribution in [1.82, 2.24) is 10.0 Å². The van der Waals surface area contributed by atoms with Gasteiger partial charge in [-0.1, -0.05) is 13.8 Å². The first-order chi connectivity index (χ1) is 11.4. The molecule has 1 aromatic carbocycles. The summed E-state index contributed by atoms with van der Waals surface area (Å²) in [6.07, 6.45) is 2.03. The van der Waals surface area contributed by atoms with Crippen LogP contribution in [0, 0.1) is 11.2 Å². The van der Waals surface area contributed by atoms with Gasteiger partial charge in [-0.15, -0.1) is 0 Å². The van der Waals surface area contributed by atoms with Crippen molar-refractivity contribution in [2.45, 2.75) is 32.6 Å². The molecule has 1 aliphatic carbocycles. The van der Waals surface area contributed by atoms with Crippen LogP contribution in [-0.4, -0.2) is 35.6 Å². The topological polar surface area (TPSA) is 67.4 Å². The molecule has 1 atom stereocenters. The minimum Gasteiger partial charge on any atom is -0.493 e. The second-order valence-electron chi connectivity index (χ2n) is 6.91. The van der Waals surface area contributed by atoms with E-state index in [1.165, 1.54) is 6.07 Å². The van der Waals surface area contributed by atoms with E-state index in [2.05, 4.69) is 17.0 Å². The van der Waals surface area contributed by atoms with Gasteiger partial charge >= 0.3 is 0 Å². The molecule has 0 aromatic heterocycles. The van der Waals surface area contributed by atoms with E-state index in [0.29, 0.717) is 18.3 Å². The van der Waals surface area contributed by atoms with Gasteiger partial charge in [-0.25, -0.2) is 8.60 Å². The molecule has 7 heteroatoms. The number of hydrogen-bond acceptors (Lipinski definition) is 4. The maximum absolute atomic E-state index is 14.4. The SMILES string of the molecule is CCS(=O)NC(=O)c1cc(C2CC2)c(OCC2(C)CNC2)cc1F. The molecule has 1 saturated heterocycles. The lowest BCUT2D eigenvalue weighted by Crippen LogP contribution is -2.54. The van der Waals surface area contributed by atoms with Gasteiger partial charge in [-0.3, -0.25) is 9.52 Å². The predicted octanol–water partition coefficient (Wildman–Crippen LogP) is 2.10. The van der Waals surface area contributed by atoms with Crippen LogP contribution in [0.4, 0.5) is 4.39 Å². The number of nitrogens with one attached hydrogen (secondary N) is 2. The van der Waals surface area contributed by atoms with Crippen molar-refractivity contribution in [3.05, 3.63) is 29.1 Å².